The third-order valence-electron chi connectivity index (χ3n) is 3.62. The molecule has 20 heavy (non-hydrogen) atoms. The summed E-state index contributed by atoms with van der Waals surface area (Å²) in [6.07, 6.45) is 0.858. The number of likely N-dealkylation sites (tertiary alicyclic amines) is 1. The molecule has 2 unspecified atom stereocenters. The smallest absolute Gasteiger partial charge is 0.323 e. The first kappa shape index (κ1) is 16.7. The van der Waals surface area contributed by atoms with Crippen molar-refractivity contribution in [2.75, 3.05) is 47.0 Å². The zero-order valence-electron chi connectivity index (χ0n) is 12.4. The molecule has 0 radical (unpaired) electrons. The van der Waals surface area contributed by atoms with Crippen molar-refractivity contribution in [2.45, 2.75) is 19.4 Å². The lowest BCUT2D eigenvalue weighted by atomic mass is 9.96. The standard InChI is InChI=1S/C13H24N2O5/c1-10-4-5-14(8-11(10)20-3)13(18)15(6-7-19-2)9-12(16)17/h10-11H,4-9H2,1-3H3,(H,16,17). The van der Waals surface area contributed by atoms with E-state index in [9.17, 15) is 9.59 Å². The fraction of sp³-hybridized carbons (Fsp3) is 0.846. The first-order chi connectivity index (χ1) is 9.49. The number of ether oxygens (including phenoxy) is 2. The van der Waals surface area contributed by atoms with Gasteiger partial charge in [-0.05, 0) is 12.3 Å². The molecule has 116 valence electrons. The highest BCUT2D eigenvalue weighted by atomic mass is 16.5. The first-order valence-corrected chi connectivity index (χ1v) is 6.77. The molecular formula is C13H24N2O5. The molecule has 2 amide bonds. The first-order valence-electron chi connectivity index (χ1n) is 6.77. The van der Waals surface area contributed by atoms with E-state index in [2.05, 4.69) is 6.92 Å². The van der Waals surface area contributed by atoms with Gasteiger partial charge in [0.25, 0.3) is 0 Å². The maximum absolute atomic E-state index is 12.4. The van der Waals surface area contributed by atoms with Crippen molar-refractivity contribution in [1.29, 1.82) is 0 Å². The van der Waals surface area contributed by atoms with Crippen LogP contribution in [0.1, 0.15) is 13.3 Å². The Kier molecular flexibility index (Phi) is 6.74. The van der Waals surface area contributed by atoms with Crippen LogP contribution < -0.4 is 0 Å². The molecule has 1 saturated heterocycles. The monoisotopic (exact) mass is 288 g/mol. The van der Waals surface area contributed by atoms with Gasteiger partial charge in [-0.1, -0.05) is 6.92 Å². The van der Waals surface area contributed by atoms with Gasteiger partial charge < -0.3 is 24.4 Å². The van der Waals surface area contributed by atoms with Crippen molar-refractivity contribution in [3.63, 3.8) is 0 Å². The molecule has 7 heteroatoms. The summed E-state index contributed by atoms with van der Waals surface area (Å²) in [6.45, 7) is 3.49. The fourth-order valence-electron chi connectivity index (χ4n) is 2.32. The molecule has 0 aromatic rings. The highest BCUT2D eigenvalue weighted by Gasteiger charge is 2.31. The van der Waals surface area contributed by atoms with Gasteiger partial charge >= 0.3 is 12.0 Å². The van der Waals surface area contributed by atoms with E-state index in [0.29, 0.717) is 25.6 Å². The van der Waals surface area contributed by atoms with Gasteiger partial charge in [0.05, 0.1) is 12.7 Å². The number of piperidine rings is 1. The van der Waals surface area contributed by atoms with E-state index >= 15 is 0 Å². The normalized spacial score (nSPS) is 22.6. The Morgan fingerprint density at radius 1 is 1.40 bits per heavy atom. The third-order valence-corrected chi connectivity index (χ3v) is 3.62. The van der Waals surface area contributed by atoms with Gasteiger partial charge in [0.2, 0.25) is 0 Å². The number of nitrogens with zero attached hydrogens (tertiary/aromatic N) is 2. The Balaban J connectivity index is 2.65. The summed E-state index contributed by atoms with van der Waals surface area (Å²) in [6, 6.07) is -0.265. The van der Waals surface area contributed by atoms with Gasteiger partial charge in [0.15, 0.2) is 0 Å². The molecule has 1 aliphatic heterocycles. The molecule has 0 spiro atoms. The number of hydrogen-bond donors (Lipinski definition) is 1. The lowest BCUT2D eigenvalue weighted by Crippen LogP contribution is -2.53. The summed E-state index contributed by atoms with van der Waals surface area (Å²) in [5, 5.41) is 8.89. The summed E-state index contributed by atoms with van der Waals surface area (Å²) >= 11 is 0. The van der Waals surface area contributed by atoms with Gasteiger partial charge in [0, 0.05) is 33.9 Å². The maximum Gasteiger partial charge on any atom is 0.323 e. The predicted octanol–water partition coefficient (Wildman–Crippen LogP) is 0.496. The SMILES string of the molecule is COCCN(CC(=O)O)C(=O)N1CCC(C)C(OC)C1. The van der Waals surface area contributed by atoms with Gasteiger partial charge in [0.1, 0.15) is 6.54 Å². The Hall–Kier alpha value is -1.34. The summed E-state index contributed by atoms with van der Waals surface area (Å²) < 4.78 is 10.3. The van der Waals surface area contributed by atoms with E-state index in [4.69, 9.17) is 14.6 Å². The minimum atomic E-state index is -1.02. The van der Waals surface area contributed by atoms with Crippen LogP contribution in [0.4, 0.5) is 4.79 Å². The number of carboxylic acid groups (broad SMARTS) is 1. The summed E-state index contributed by atoms with van der Waals surface area (Å²) in [5.41, 5.74) is 0. The number of methoxy groups -OCH3 is 2. The second-order valence-corrected chi connectivity index (χ2v) is 5.08. The highest BCUT2D eigenvalue weighted by molar-refractivity contribution is 5.80. The van der Waals surface area contributed by atoms with Crippen LogP contribution >= 0.6 is 0 Å². The number of carbonyl (C=O) groups is 2. The van der Waals surface area contributed by atoms with Gasteiger partial charge in [-0.2, -0.15) is 0 Å². The predicted molar refractivity (Wildman–Crippen MR) is 72.6 cm³/mol. The zero-order valence-corrected chi connectivity index (χ0v) is 12.4. The van der Waals surface area contributed by atoms with Gasteiger partial charge in [-0.25, -0.2) is 4.79 Å². The number of hydrogen-bond acceptors (Lipinski definition) is 4. The molecule has 1 rings (SSSR count). The van der Waals surface area contributed by atoms with Crippen LogP contribution in [0.3, 0.4) is 0 Å². The quantitative estimate of drug-likeness (QED) is 0.770. The molecule has 1 N–H and O–H groups in total. The lowest BCUT2D eigenvalue weighted by Gasteiger charge is -2.38. The van der Waals surface area contributed by atoms with Crippen molar-refractivity contribution in [3.8, 4) is 0 Å². The van der Waals surface area contributed by atoms with Crippen molar-refractivity contribution >= 4 is 12.0 Å². The van der Waals surface area contributed by atoms with Crippen molar-refractivity contribution in [1.82, 2.24) is 9.80 Å². The van der Waals surface area contributed by atoms with Crippen LogP contribution in [0.2, 0.25) is 0 Å². The Morgan fingerprint density at radius 3 is 2.65 bits per heavy atom. The molecule has 1 heterocycles. The summed E-state index contributed by atoms with van der Waals surface area (Å²) in [5.74, 6) is -0.626. The van der Waals surface area contributed by atoms with Crippen LogP contribution in [-0.4, -0.2) is 80.0 Å². The number of carbonyl (C=O) groups excluding carboxylic acids is 1. The van der Waals surface area contributed by atoms with Gasteiger partial charge in [-0.3, -0.25) is 4.79 Å². The number of amides is 2. The van der Waals surface area contributed by atoms with Crippen LogP contribution in [0.25, 0.3) is 0 Å². The molecule has 0 aromatic carbocycles. The van der Waals surface area contributed by atoms with Gasteiger partial charge in [-0.15, -0.1) is 0 Å². The van der Waals surface area contributed by atoms with E-state index in [1.165, 1.54) is 12.0 Å². The van der Waals surface area contributed by atoms with Crippen LogP contribution in [0.5, 0.6) is 0 Å². The molecule has 0 aliphatic carbocycles. The summed E-state index contributed by atoms with van der Waals surface area (Å²) in [7, 11) is 3.15. The molecular weight excluding hydrogens is 264 g/mol. The molecule has 0 saturated carbocycles. The van der Waals surface area contributed by atoms with E-state index < -0.39 is 5.97 Å². The van der Waals surface area contributed by atoms with E-state index in [-0.39, 0.29) is 25.2 Å². The average Bonchev–Trinajstić information content (AvgIpc) is 2.42. The minimum Gasteiger partial charge on any atom is -0.480 e. The molecule has 0 bridgehead atoms. The zero-order chi connectivity index (χ0) is 15.1. The van der Waals surface area contributed by atoms with Crippen LogP contribution in [0.15, 0.2) is 0 Å². The van der Waals surface area contributed by atoms with E-state index in [1.807, 2.05) is 0 Å². The Bertz CT molecular complexity index is 337. The van der Waals surface area contributed by atoms with Crippen molar-refractivity contribution in [2.24, 2.45) is 5.92 Å². The molecule has 0 aromatic heterocycles. The van der Waals surface area contributed by atoms with Crippen molar-refractivity contribution in [3.05, 3.63) is 0 Å². The second kappa shape index (κ2) is 8.06. The maximum atomic E-state index is 12.4. The molecule has 1 fully saturated rings. The second-order valence-electron chi connectivity index (χ2n) is 5.08. The Morgan fingerprint density at radius 2 is 2.10 bits per heavy atom. The van der Waals surface area contributed by atoms with Crippen LogP contribution in [0, 0.1) is 5.92 Å². The number of carboxylic acids is 1. The number of urea groups is 1. The molecule has 2 atom stereocenters. The number of aliphatic carboxylic acids is 1. The lowest BCUT2D eigenvalue weighted by molar-refractivity contribution is -0.137. The fourth-order valence-corrected chi connectivity index (χ4v) is 2.32. The molecule has 1 aliphatic rings. The van der Waals surface area contributed by atoms with Crippen LogP contribution in [-0.2, 0) is 14.3 Å². The average molecular weight is 288 g/mol. The largest absolute Gasteiger partial charge is 0.480 e. The highest BCUT2D eigenvalue weighted by Crippen LogP contribution is 2.20. The summed E-state index contributed by atoms with van der Waals surface area (Å²) in [4.78, 5) is 26.2. The Labute approximate surface area is 119 Å². The topological polar surface area (TPSA) is 79.3 Å². The minimum absolute atomic E-state index is 0.00167. The number of rotatable bonds is 6. The molecule has 7 nitrogen and oxygen atoms in total. The van der Waals surface area contributed by atoms with E-state index in [1.54, 1.807) is 12.0 Å². The van der Waals surface area contributed by atoms with E-state index in [0.717, 1.165) is 6.42 Å². The van der Waals surface area contributed by atoms with Crippen molar-refractivity contribution < 1.29 is 24.2 Å². The third kappa shape index (κ3) is 4.64.